The molecule has 1 fully saturated rings. The van der Waals surface area contributed by atoms with Gasteiger partial charge in [0.25, 0.3) is 5.91 Å². The monoisotopic (exact) mass is 371 g/mol. The summed E-state index contributed by atoms with van der Waals surface area (Å²) in [7, 11) is 0. The van der Waals surface area contributed by atoms with E-state index in [2.05, 4.69) is 15.6 Å². The predicted octanol–water partition coefficient (Wildman–Crippen LogP) is 2.87. The Morgan fingerprint density at radius 3 is 2.72 bits per heavy atom. The van der Waals surface area contributed by atoms with Gasteiger partial charge in [0.1, 0.15) is 0 Å². The van der Waals surface area contributed by atoms with Gasteiger partial charge >= 0.3 is 0 Å². The summed E-state index contributed by atoms with van der Waals surface area (Å²) in [6.45, 7) is 4.67. The highest BCUT2D eigenvalue weighted by Gasteiger charge is 2.30. The zero-order valence-corrected chi connectivity index (χ0v) is 14.8. The van der Waals surface area contributed by atoms with Gasteiger partial charge in [-0.1, -0.05) is 6.07 Å². The average Bonchev–Trinajstić information content (AvgIpc) is 2.89. The largest absolute Gasteiger partial charge is 0.436 e. The third-order valence-corrected chi connectivity index (χ3v) is 4.28. The lowest BCUT2D eigenvalue weighted by molar-refractivity contribution is 0.0894. The molecule has 0 bridgehead atoms. The molecule has 1 amide bonds. The van der Waals surface area contributed by atoms with Crippen LogP contribution in [-0.2, 0) is 0 Å². The standard InChI is InChI=1S/C17H19F2N3O2.ClH/c1-9-16(24-10(2)21-9)17(23)22-15-8-20-6-5-12(15)11-3-4-13(18)14(19)7-11;/h3-4,7,12,15,20H,5-6,8H2,1-2H3,(H,22,23);1H. The van der Waals surface area contributed by atoms with Crippen LogP contribution in [-0.4, -0.2) is 30.0 Å². The lowest BCUT2D eigenvalue weighted by atomic mass is 9.86. The van der Waals surface area contributed by atoms with E-state index in [4.69, 9.17) is 4.42 Å². The summed E-state index contributed by atoms with van der Waals surface area (Å²) in [6.07, 6.45) is 0.713. The fourth-order valence-corrected chi connectivity index (χ4v) is 3.13. The topological polar surface area (TPSA) is 67.2 Å². The first-order valence-electron chi connectivity index (χ1n) is 7.86. The van der Waals surface area contributed by atoms with Crippen LogP contribution in [0.2, 0.25) is 0 Å². The molecule has 1 saturated heterocycles. The fourth-order valence-electron chi connectivity index (χ4n) is 3.13. The van der Waals surface area contributed by atoms with E-state index in [9.17, 15) is 13.6 Å². The van der Waals surface area contributed by atoms with Gasteiger partial charge in [-0.2, -0.15) is 0 Å². The first-order chi connectivity index (χ1) is 11.5. The number of rotatable bonds is 3. The Bertz CT molecular complexity index is 766. The lowest BCUT2D eigenvalue weighted by Gasteiger charge is -2.33. The maximum absolute atomic E-state index is 13.5. The van der Waals surface area contributed by atoms with E-state index in [0.29, 0.717) is 30.1 Å². The molecule has 0 radical (unpaired) electrons. The molecule has 2 unspecified atom stereocenters. The number of halogens is 3. The molecule has 1 aromatic carbocycles. The van der Waals surface area contributed by atoms with Gasteiger partial charge in [0.2, 0.25) is 5.76 Å². The van der Waals surface area contributed by atoms with E-state index < -0.39 is 11.6 Å². The Balaban J connectivity index is 0.00000225. The molecular weight excluding hydrogens is 352 g/mol. The van der Waals surface area contributed by atoms with E-state index in [0.717, 1.165) is 12.6 Å². The number of carbonyl (C=O) groups is 1. The van der Waals surface area contributed by atoms with Crippen LogP contribution in [0.3, 0.4) is 0 Å². The maximum Gasteiger partial charge on any atom is 0.289 e. The van der Waals surface area contributed by atoms with Gasteiger partial charge in [0.05, 0.1) is 5.69 Å². The summed E-state index contributed by atoms with van der Waals surface area (Å²) in [5, 5.41) is 6.13. The minimum Gasteiger partial charge on any atom is -0.436 e. The number of carbonyl (C=O) groups excluding carboxylic acids is 1. The Morgan fingerprint density at radius 1 is 1.32 bits per heavy atom. The Morgan fingerprint density at radius 2 is 2.08 bits per heavy atom. The van der Waals surface area contributed by atoms with Crippen LogP contribution >= 0.6 is 12.4 Å². The van der Waals surface area contributed by atoms with Crippen LogP contribution in [0.25, 0.3) is 0 Å². The van der Waals surface area contributed by atoms with E-state index in [1.807, 2.05) is 0 Å². The maximum atomic E-state index is 13.5. The van der Waals surface area contributed by atoms with E-state index >= 15 is 0 Å². The molecule has 25 heavy (non-hydrogen) atoms. The minimum atomic E-state index is -0.877. The minimum absolute atomic E-state index is 0. The number of aromatic nitrogens is 1. The van der Waals surface area contributed by atoms with Crippen molar-refractivity contribution in [2.75, 3.05) is 13.1 Å². The molecule has 0 spiro atoms. The molecule has 2 aromatic rings. The van der Waals surface area contributed by atoms with Gasteiger partial charge in [-0.15, -0.1) is 12.4 Å². The summed E-state index contributed by atoms with van der Waals surface area (Å²) in [5.74, 6) is -1.60. The normalized spacial score (nSPS) is 20.0. The Labute approximate surface area is 150 Å². The number of nitrogens with one attached hydrogen (secondary N) is 2. The molecule has 5 nitrogen and oxygen atoms in total. The quantitative estimate of drug-likeness (QED) is 0.870. The van der Waals surface area contributed by atoms with Gasteiger partial charge in [0, 0.05) is 25.4 Å². The highest BCUT2D eigenvalue weighted by atomic mass is 35.5. The van der Waals surface area contributed by atoms with Crippen LogP contribution in [0.1, 0.15) is 40.0 Å². The van der Waals surface area contributed by atoms with E-state index in [1.165, 1.54) is 6.07 Å². The van der Waals surface area contributed by atoms with Crippen molar-refractivity contribution in [3.05, 3.63) is 52.7 Å². The number of piperidine rings is 1. The van der Waals surface area contributed by atoms with Gasteiger partial charge in [-0.25, -0.2) is 13.8 Å². The van der Waals surface area contributed by atoms with Gasteiger partial charge < -0.3 is 15.1 Å². The molecule has 136 valence electrons. The molecule has 0 aliphatic carbocycles. The molecule has 8 heteroatoms. The first kappa shape index (κ1) is 19.3. The van der Waals surface area contributed by atoms with Crippen molar-refractivity contribution in [1.29, 1.82) is 0 Å². The molecule has 0 saturated carbocycles. The smallest absolute Gasteiger partial charge is 0.289 e. The third kappa shape index (κ3) is 4.16. The highest BCUT2D eigenvalue weighted by Crippen LogP contribution is 2.27. The molecular formula is C17H20ClF2N3O2. The number of nitrogens with zero attached hydrogens (tertiary/aromatic N) is 1. The van der Waals surface area contributed by atoms with Crippen molar-refractivity contribution in [3.63, 3.8) is 0 Å². The molecule has 1 aliphatic heterocycles. The molecule has 3 rings (SSSR count). The molecule has 1 aromatic heterocycles. The van der Waals surface area contributed by atoms with Gasteiger partial charge in [0.15, 0.2) is 17.5 Å². The SMILES string of the molecule is Cc1nc(C)c(C(=O)NC2CNCCC2c2ccc(F)c(F)c2)o1.Cl. The van der Waals surface area contributed by atoms with Crippen molar-refractivity contribution >= 4 is 18.3 Å². The molecule has 1 aliphatic rings. The van der Waals surface area contributed by atoms with Crippen LogP contribution < -0.4 is 10.6 Å². The zero-order valence-electron chi connectivity index (χ0n) is 13.9. The molecule has 2 atom stereocenters. The summed E-state index contributed by atoms with van der Waals surface area (Å²) >= 11 is 0. The predicted molar refractivity (Wildman–Crippen MR) is 91.1 cm³/mol. The number of oxazole rings is 1. The first-order valence-corrected chi connectivity index (χ1v) is 7.86. The second-order valence-electron chi connectivity index (χ2n) is 6.00. The number of benzene rings is 1. The lowest BCUT2D eigenvalue weighted by Crippen LogP contribution is -2.50. The van der Waals surface area contributed by atoms with Gasteiger partial charge in [-0.3, -0.25) is 4.79 Å². The number of amides is 1. The van der Waals surface area contributed by atoms with Crippen molar-refractivity contribution < 1.29 is 18.0 Å². The summed E-state index contributed by atoms with van der Waals surface area (Å²) in [6, 6.07) is 3.64. The summed E-state index contributed by atoms with van der Waals surface area (Å²) in [5.41, 5.74) is 1.20. The molecule has 2 heterocycles. The van der Waals surface area contributed by atoms with Crippen molar-refractivity contribution in [1.82, 2.24) is 15.6 Å². The number of hydrogen-bond donors (Lipinski definition) is 2. The van der Waals surface area contributed by atoms with Crippen molar-refractivity contribution in [2.24, 2.45) is 0 Å². The highest BCUT2D eigenvalue weighted by molar-refractivity contribution is 5.92. The zero-order chi connectivity index (χ0) is 17.3. The van der Waals surface area contributed by atoms with Crippen molar-refractivity contribution in [3.8, 4) is 0 Å². The van der Waals surface area contributed by atoms with Crippen LogP contribution in [0.15, 0.2) is 22.6 Å². The molecule has 2 N–H and O–H groups in total. The van der Waals surface area contributed by atoms with E-state index in [1.54, 1.807) is 19.9 Å². The number of aryl methyl sites for hydroxylation is 2. The van der Waals surface area contributed by atoms with Crippen LogP contribution in [0.5, 0.6) is 0 Å². The van der Waals surface area contributed by atoms with Crippen LogP contribution in [0.4, 0.5) is 8.78 Å². The Hall–Kier alpha value is -1.99. The summed E-state index contributed by atoms with van der Waals surface area (Å²) in [4.78, 5) is 16.5. The second-order valence-corrected chi connectivity index (χ2v) is 6.00. The fraction of sp³-hybridized carbons (Fsp3) is 0.412. The number of hydrogen-bond acceptors (Lipinski definition) is 4. The third-order valence-electron chi connectivity index (χ3n) is 4.28. The van der Waals surface area contributed by atoms with Gasteiger partial charge in [-0.05, 0) is 37.6 Å². The van der Waals surface area contributed by atoms with Crippen molar-refractivity contribution in [2.45, 2.75) is 32.2 Å². The Kier molecular flexibility index (Phi) is 6.13. The summed E-state index contributed by atoms with van der Waals surface area (Å²) < 4.78 is 32.0. The second kappa shape index (κ2) is 7.93. The van der Waals surface area contributed by atoms with E-state index in [-0.39, 0.29) is 36.0 Å². The van der Waals surface area contributed by atoms with Crippen LogP contribution in [0, 0.1) is 25.5 Å². The average molecular weight is 372 g/mol.